The molecule has 34 heavy (non-hydrogen) atoms. The van der Waals surface area contributed by atoms with Crippen molar-refractivity contribution >= 4 is 11.5 Å². The Bertz CT molecular complexity index is 1310. The van der Waals surface area contributed by atoms with Crippen molar-refractivity contribution in [1.29, 1.82) is 0 Å². The Labute approximate surface area is 196 Å². The van der Waals surface area contributed by atoms with Crippen molar-refractivity contribution in [3.05, 3.63) is 87.6 Å². The van der Waals surface area contributed by atoms with Gasteiger partial charge >= 0.3 is 5.69 Å². The van der Waals surface area contributed by atoms with Crippen molar-refractivity contribution in [3.63, 3.8) is 0 Å². The van der Waals surface area contributed by atoms with Gasteiger partial charge in [0.1, 0.15) is 5.82 Å². The van der Waals surface area contributed by atoms with E-state index in [4.69, 9.17) is 4.98 Å². The van der Waals surface area contributed by atoms with Crippen LogP contribution in [0.1, 0.15) is 55.8 Å². The minimum absolute atomic E-state index is 0.304. The highest BCUT2D eigenvalue weighted by molar-refractivity contribution is 5.63. The van der Waals surface area contributed by atoms with Crippen LogP contribution in [0.5, 0.6) is 0 Å². The normalized spacial score (nSPS) is 12.7. The zero-order chi connectivity index (χ0) is 24.3. The Morgan fingerprint density at radius 1 is 1.15 bits per heavy atom. The van der Waals surface area contributed by atoms with Gasteiger partial charge in [-0.25, -0.2) is 23.7 Å². The summed E-state index contributed by atoms with van der Waals surface area (Å²) >= 11 is 0. The van der Waals surface area contributed by atoms with Crippen molar-refractivity contribution in [2.75, 3.05) is 11.9 Å². The standard InChI is InChI=1S/C25H29FN6O2/c1-25(2,3)21-20(19(33)11-8-16-6-9-18(26)10-7-16)32-23(30-31-24(32)34)22(29-21)28-14-12-17-5-4-13-27-15-17/h4-7,9-10,13,15,19,33H,8,11-12,14H2,1-3H3,(H,28,29)(H,31,34). The number of rotatable bonds is 8. The molecule has 4 aromatic rings. The lowest BCUT2D eigenvalue weighted by atomic mass is 9.88. The first-order chi connectivity index (χ1) is 16.2. The zero-order valence-corrected chi connectivity index (χ0v) is 19.5. The number of aliphatic hydroxyl groups excluding tert-OH is 1. The number of aryl methyl sites for hydroxylation is 1. The smallest absolute Gasteiger partial charge is 0.348 e. The van der Waals surface area contributed by atoms with E-state index in [1.54, 1.807) is 18.3 Å². The molecule has 0 radical (unpaired) electrons. The van der Waals surface area contributed by atoms with Crippen molar-refractivity contribution in [2.24, 2.45) is 0 Å². The summed E-state index contributed by atoms with van der Waals surface area (Å²) in [5.41, 5.74) is 2.45. The summed E-state index contributed by atoms with van der Waals surface area (Å²) in [7, 11) is 0. The molecule has 1 atom stereocenters. The van der Waals surface area contributed by atoms with E-state index in [2.05, 4.69) is 20.5 Å². The molecule has 0 spiro atoms. The van der Waals surface area contributed by atoms with E-state index in [0.29, 0.717) is 42.2 Å². The maximum Gasteiger partial charge on any atom is 0.348 e. The second-order valence-electron chi connectivity index (χ2n) is 9.35. The fourth-order valence-electron chi connectivity index (χ4n) is 3.94. The quantitative estimate of drug-likeness (QED) is 0.368. The molecule has 0 saturated heterocycles. The van der Waals surface area contributed by atoms with Crippen molar-refractivity contribution in [2.45, 2.75) is 51.6 Å². The second kappa shape index (κ2) is 9.72. The summed E-state index contributed by atoms with van der Waals surface area (Å²) in [6, 6.07) is 10.1. The maximum atomic E-state index is 13.2. The molecule has 0 fully saturated rings. The number of anilines is 1. The van der Waals surface area contributed by atoms with Gasteiger partial charge in [-0.15, -0.1) is 5.10 Å². The summed E-state index contributed by atoms with van der Waals surface area (Å²) in [5.74, 6) is 0.170. The summed E-state index contributed by atoms with van der Waals surface area (Å²) in [5, 5.41) is 21.2. The molecule has 178 valence electrons. The molecule has 9 heteroatoms. The van der Waals surface area contributed by atoms with E-state index in [1.165, 1.54) is 16.5 Å². The largest absolute Gasteiger partial charge is 0.387 e. The molecule has 3 aromatic heterocycles. The number of hydrogen-bond donors (Lipinski definition) is 3. The Kier molecular flexibility index (Phi) is 6.74. The Morgan fingerprint density at radius 2 is 1.91 bits per heavy atom. The van der Waals surface area contributed by atoms with Crippen LogP contribution in [0, 0.1) is 5.82 Å². The molecule has 1 unspecified atom stereocenters. The van der Waals surface area contributed by atoms with E-state index in [9.17, 15) is 14.3 Å². The molecule has 8 nitrogen and oxygen atoms in total. The third-order valence-electron chi connectivity index (χ3n) is 5.67. The molecule has 0 aliphatic carbocycles. The Morgan fingerprint density at radius 3 is 2.59 bits per heavy atom. The summed E-state index contributed by atoms with van der Waals surface area (Å²) in [4.78, 5) is 21.7. The topological polar surface area (TPSA) is 108 Å². The number of hydrogen-bond acceptors (Lipinski definition) is 6. The van der Waals surface area contributed by atoms with Gasteiger partial charge in [0.25, 0.3) is 0 Å². The monoisotopic (exact) mass is 464 g/mol. The van der Waals surface area contributed by atoms with Crippen molar-refractivity contribution in [1.82, 2.24) is 24.6 Å². The fraction of sp³-hybridized carbons (Fsp3) is 0.360. The van der Waals surface area contributed by atoms with Crippen LogP contribution in [0.15, 0.2) is 53.6 Å². The zero-order valence-electron chi connectivity index (χ0n) is 19.5. The van der Waals surface area contributed by atoms with E-state index in [1.807, 2.05) is 39.1 Å². The van der Waals surface area contributed by atoms with Gasteiger partial charge in [0.05, 0.1) is 17.5 Å². The van der Waals surface area contributed by atoms with Crippen LogP contribution in [0.4, 0.5) is 10.2 Å². The number of H-pyrrole nitrogens is 1. The summed E-state index contributed by atoms with van der Waals surface area (Å²) in [6.07, 6.45) is 4.16. The molecule has 0 saturated carbocycles. The van der Waals surface area contributed by atoms with Crippen LogP contribution >= 0.6 is 0 Å². The average Bonchev–Trinajstić information content (AvgIpc) is 3.20. The number of benzene rings is 1. The van der Waals surface area contributed by atoms with Crippen LogP contribution in [0.3, 0.4) is 0 Å². The van der Waals surface area contributed by atoms with Crippen LogP contribution in [-0.2, 0) is 18.3 Å². The number of halogens is 1. The Balaban J connectivity index is 1.66. The molecule has 3 heterocycles. The molecule has 0 amide bonds. The number of nitrogens with one attached hydrogen (secondary N) is 2. The van der Waals surface area contributed by atoms with Gasteiger partial charge in [-0.05, 0) is 48.6 Å². The van der Waals surface area contributed by atoms with Crippen molar-refractivity contribution in [3.8, 4) is 0 Å². The highest BCUT2D eigenvalue weighted by atomic mass is 19.1. The highest BCUT2D eigenvalue weighted by Gasteiger charge is 2.29. The van der Waals surface area contributed by atoms with E-state index >= 15 is 0 Å². The maximum absolute atomic E-state index is 13.2. The third kappa shape index (κ3) is 5.14. The first-order valence-corrected chi connectivity index (χ1v) is 11.3. The number of pyridine rings is 1. The minimum atomic E-state index is -0.964. The lowest BCUT2D eigenvalue weighted by Gasteiger charge is -2.26. The van der Waals surface area contributed by atoms with Gasteiger partial charge in [0, 0.05) is 24.4 Å². The predicted octanol–water partition coefficient (Wildman–Crippen LogP) is 3.57. The molecular formula is C25H29FN6O2. The van der Waals surface area contributed by atoms with E-state index in [-0.39, 0.29) is 5.82 Å². The molecular weight excluding hydrogens is 435 g/mol. The molecule has 3 N–H and O–H groups in total. The van der Waals surface area contributed by atoms with E-state index in [0.717, 1.165) is 17.5 Å². The van der Waals surface area contributed by atoms with Gasteiger partial charge in [0.15, 0.2) is 5.82 Å². The number of aromatic nitrogens is 5. The highest BCUT2D eigenvalue weighted by Crippen LogP contribution is 2.32. The lowest BCUT2D eigenvalue weighted by molar-refractivity contribution is 0.158. The van der Waals surface area contributed by atoms with Gasteiger partial charge in [0.2, 0.25) is 5.65 Å². The molecule has 0 aliphatic heterocycles. The van der Waals surface area contributed by atoms with Gasteiger partial charge < -0.3 is 10.4 Å². The molecule has 1 aromatic carbocycles. The van der Waals surface area contributed by atoms with Crippen LogP contribution in [-0.4, -0.2) is 36.2 Å². The lowest BCUT2D eigenvalue weighted by Crippen LogP contribution is -2.27. The molecule has 4 rings (SSSR count). The van der Waals surface area contributed by atoms with Crippen LogP contribution in [0.25, 0.3) is 5.65 Å². The molecule has 0 aliphatic rings. The number of nitrogens with zero attached hydrogens (tertiary/aromatic N) is 4. The Hall–Kier alpha value is -3.59. The van der Waals surface area contributed by atoms with Gasteiger partial charge in [-0.2, -0.15) is 0 Å². The van der Waals surface area contributed by atoms with Gasteiger partial charge in [-0.3, -0.25) is 4.98 Å². The van der Waals surface area contributed by atoms with Gasteiger partial charge in [-0.1, -0.05) is 39.0 Å². The molecule has 0 bridgehead atoms. The summed E-state index contributed by atoms with van der Waals surface area (Å²) in [6.45, 7) is 6.54. The van der Waals surface area contributed by atoms with Crippen LogP contribution < -0.4 is 11.0 Å². The van der Waals surface area contributed by atoms with Crippen LogP contribution in [0.2, 0.25) is 0 Å². The van der Waals surface area contributed by atoms with E-state index < -0.39 is 17.2 Å². The predicted molar refractivity (Wildman–Crippen MR) is 128 cm³/mol. The minimum Gasteiger partial charge on any atom is -0.387 e. The number of aromatic amines is 1. The average molecular weight is 465 g/mol. The fourth-order valence-corrected chi connectivity index (χ4v) is 3.94. The second-order valence-corrected chi connectivity index (χ2v) is 9.35. The number of fused-ring (bicyclic) bond motifs is 1. The first kappa shape index (κ1) is 23.6. The third-order valence-corrected chi connectivity index (χ3v) is 5.67. The first-order valence-electron chi connectivity index (χ1n) is 11.3. The SMILES string of the molecule is CC(C)(C)c1nc(NCCc2cccnc2)c2n[nH]c(=O)n2c1C(O)CCc1ccc(F)cc1. The summed E-state index contributed by atoms with van der Waals surface area (Å²) < 4.78 is 14.6. The number of aliphatic hydroxyl groups is 1. The van der Waals surface area contributed by atoms with Crippen molar-refractivity contribution < 1.29 is 9.50 Å².